The number of nitro groups is 2. The number of hydrogen-bond acceptors (Lipinski definition) is 10. The Kier molecular flexibility index (Phi) is 7.55. The number of amides is 2. The Morgan fingerprint density at radius 1 is 1.21 bits per heavy atom. The summed E-state index contributed by atoms with van der Waals surface area (Å²) in [5.74, 6) is -1.50. The molecule has 0 bridgehead atoms. The first kappa shape index (κ1) is 23.4. The summed E-state index contributed by atoms with van der Waals surface area (Å²) in [5, 5.41) is 24.0. The Morgan fingerprint density at radius 3 is 2.18 bits per heavy atom. The summed E-state index contributed by atoms with van der Waals surface area (Å²) in [4.78, 5) is 56.2. The molecule has 1 aliphatic heterocycles. The molecule has 0 spiro atoms. The van der Waals surface area contributed by atoms with Crippen LogP contribution >= 0.6 is 11.8 Å². The Morgan fingerprint density at radius 2 is 1.75 bits per heavy atom. The lowest BCUT2D eigenvalue weighted by molar-refractivity contribution is -0.809. The first-order chi connectivity index (χ1) is 12.8. The molecule has 28 heavy (non-hydrogen) atoms. The van der Waals surface area contributed by atoms with Crippen LogP contribution in [-0.4, -0.2) is 81.7 Å². The van der Waals surface area contributed by atoms with Gasteiger partial charge in [-0.1, -0.05) is 0 Å². The summed E-state index contributed by atoms with van der Waals surface area (Å²) >= 11 is 0.966. The molecule has 14 heteroatoms. The summed E-state index contributed by atoms with van der Waals surface area (Å²) in [6.07, 6.45) is -0.834. The van der Waals surface area contributed by atoms with Crippen LogP contribution in [0.5, 0.6) is 0 Å². The molecular weight excluding hydrogens is 400 g/mol. The Balaban J connectivity index is 2.53. The van der Waals surface area contributed by atoms with E-state index in [1.54, 1.807) is 20.8 Å². The normalized spacial score (nSPS) is 16.4. The van der Waals surface area contributed by atoms with Crippen LogP contribution in [0.25, 0.3) is 0 Å². The van der Waals surface area contributed by atoms with Gasteiger partial charge < -0.3 is 19.7 Å². The topological polar surface area (TPSA) is 171 Å². The van der Waals surface area contributed by atoms with Crippen LogP contribution in [-0.2, 0) is 19.1 Å². The van der Waals surface area contributed by atoms with E-state index in [0.717, 1.165) is 23.8 Å². The van der Waals surface area contributed by atoms with E-state index in [-0.39, 0.29) is 11.5 Å². The molecule has 1 rings (SSSR count). The van der Waals surface area contributed by atoms with Crippen molar-refractivity contribution in [3.8, 4) is 0 Å². The van der Waals surface area contributed by atoms with Gasteiger partial charge in [0.2, 0.25) is 5.91 Å². The minimum absolute atomic E-state index is 0.0267. The fourth-order valence-electron chi connectivity index (χ4n) is 2.16. The van der Waals surface area contributed by atoms with E-state index < -0.39 is 58.2 Å². The quantitative estimate of drug-likeness (QED) is 0.240. The van der Waals surface area contributed by atoms with Crippen molar-refractivity contribution in [1.29, 1.82) is 0 Å². The second kappa shape index (κ2) is 9.03. The molecule has 0 radical (unpaired) electrons. The molecular formula is C14H22N4O9S. The third kappa shape index (κ3) is 5.94. The molecule has 1 fully saturated rings. The van der Waals surface area contributed by atoms with Gasteiger partial charge in [-0.3, -0.25) is 25.0 Å². The number of ether oxygens (including phenoxy) is 2. The molecule has 1 aliphatic rings. The van der Waals surface area contributed by atoms with Gasteiger partial charge in [0.1, 0.15) is 21.5 Å². The first-order valence-electron chi connectivity index (χ1n) is 8.04. The molecule has 0 aromatic carbocycles. The minimum atomic E-state index is -2.37. The SMILES string of the molecule is COC(=O)[C@H](CSCC(=O)N1CC([N+](=O)[O-])([N+](=O)[O-])C1)NC(=O)OC(C)(C)C. The summed E-state index contributed by atoms with van der Waals surface area (Å²) in [6.45, 7) is 3.70. The molecule has 1 atom stereocenters. The molecule has 13 nitrogen and oxygen atoms in total. The minimum Gasteiger partial charge on any atom is -0.467 e. The van der Waals surface area contributed by atoms with Gasteiger partial charge in [0, 0.05) is 5.75 Å². The van der Waals surface area contributed by atoms with Gasteiger partial charge in [-0.25, -0.2) is 9.59 Å². The number of esters is 1. The number of thioether (sulfide) groups is 1. The third-order valence-electron chi connectivity index (χ3n) is 3.61. The van der Waals surface area contributed by atoms with Gasteiger partial charge in [0.15, 0.2) is 13.1 Å². The number of nitrogens with one attached hydrogen (secondary N) is 1. The fourth-order valence-corrected chi connectivity index (χ4v) is 3.09. The molecule has 0 unspecified atom stereocenters. The van der Waals surface area contributed by atoms with Crippen molar-refractivity contribution in [1.82, 2.24) is 10.2 Å². The average molecular weight is 422 g/mol. The predicted octanol–water partition coefficient (Wildman–Crippen LogP) is -0.122. The van der Waals surface area contributed by atoms with Gasteiger partial charge >= 0.3 is 17.7 Å². The number of methoxy groups -OCH3 is 1. The highest BCUT2D eigenvalue weighted by molar-refractivity contribution is 8.00. The molecule has 2 amide bonds. The molecule has 1 N–H and O–H groups in total. The molecule has 1 saturated heterocycles. The number of likely N-dealkylation sites (tertiary alicyclic amines) is 1. The van der Waals surface area contributed by atoms with Crippen LogP contribution in [0.4, 0.5) is 4.79 Å². The maximum absolute atomic E-state index is 12.0. The van der Waals surface area contributed by atoms with Crippen molar-refractivity contribution in [2.75, 3.05) is 31.7 Å². The lowest BCUT2D eigenvalue weighted by Gasteiger charge is -2.36. The Bertz CT molecular complexity index is 642. The van der Waals surface area contributed by atoms with E-state index in [1.165, 1.54) is 0 Å². The van der Waals surface area contributed by atoms with Gasteiger partial charge in [0.25, 0.3) is 0 Å². The maximum atomic E-state index is 12.0. The monoisotopic (exact) mass is 422 g/mol. The number of hydrogen-bond donors (Lipinski definition) is 1. The van der Waals surface area contributed by atoms with Crippen molar-refractivity contribution >= 4 is 29.7 Å². The average Bonchev–Trinajstić information content (AvgIpc) is 2.49. The molecule has 158 valence electrons. The number of carbonyl (C=O) groups is 3. The van der Waals surface area contributed by atoms with Crippen LogP contribution in [0.2, 0.25) is 0 Å². The van der Waals surface area contributed by atoms with E-state index in [4.69, 9.17) is 4.74 Å². The van der Waals surface area contributed by atoms with Crippen molar-refractivity contribution in [2.24, 2.45) is 0 Å². The van der Waals surface area contributed by atoms with Gasteiger partial charge in [-0.05, 0) is 20.8 Å². The smallest absolute Gasteiger partial charge is 0.467 e. The molecule has 0 saturated carbocycles. The van der Waals surface area contributed by atoms with Gasteiger partial charge in [-0.2, -0.15) is 0 Å². The Hall–Kier alpha value is -2.64. The number of alkyl carbamates (subject to hydrolysis) is 1. The highest BCUT2D eigenvalue weighted by Crippen LogP contribution is 2.26. The van der Waals surface area contributed by atoms with E-state index in [1.807, 2.05) is 0 Å². The summed E-state index contributed by atoms with van der Waals surface area (Å²) < 4.78 is 9.65. The maximum Gasteiger partial charge on any atom is 0.492 e. The number of carbonyl (C=O) groups excluding carboxylic acids is 3. The van der Waals surface area contributed by atoms with E-state index >= 15 is 0 Å². The lowest BCUT2D eigenvalue weighted by Crippen LogP contribution is -2.71. The number of rotatable bonds is 8. The molecule has 1 heterocycles. The number of nitrogens with zero attached hydrogens (tertiary/aromatic N) is 3. The van der Waals surface area contributed by atoms with Crippen LogP contribution < -0.4 is 5.32 Å². The van der Waals surface area contributed by atoms with E-state index in [9.17, 15) is 34.6 Å². The zero-order valence-electron chi connectivity index (χ0n) is 15.8. The van der Waals surface area contributed by atoms with Gasteiger partial charge in [-0.15, -0.1) is 11.8 Å². The largest absolute Gasteiger partial charge is 0.492 e. The highest BCUT2D eigenvalue weighted by Gasteiger charge is 2.67. The van der Waals surface area contributed by atoms with Crippen molar-refractivity contribution < 1.29 is 33.7 Å². The molecule has 0 aliphatic carbocycles. The molecule has 0 aromatic rings. The lowest BCUT2D eigenvalue weighted by atomic mass is 10.0. The fraction of sp³-hybridized carbons (Fsp3) is 0.786. The van der Waals surface area contributed by atoms with Gasteiger partial charge in [0.05, 0.1) is 12.9 Å². The summed E-state index contributed by atoms with van der Waals surface area (Å²) in [7, 11) is 1.14. The Labute approximate surface area is 164 Å². The summed E-state index contributed by atoms with van der Waals surface area (Å²) in [6, 6.07) is -1.08. The first-order valence-corrected chi connectivity index (χ1v) is 9.19. The van der Waals surface area contributed by atoms with E-state index in [0.29, 0.717) is 0 Å². The molecule has 0 aromatic heterocycles. The third-order valence-corrected chi connectivity index (χ3v) is 4.63. The standard InChI is InChI=1S/C14H22N4O9S/c1-13(2,3)27-12(21)15-9(11(20)26-4)5-28-6-10(19)16-7-14(8-16,17(22)23)18(24)25/h9H,5-8H2,1-4H3,(H,15,21)/t9-/m0/s1. The van der Waals surface area contributed by atoms with Crippen LogP contribution in [0.15, 0.2) is 0 Å². The second-order valence-corrected chi connectivity index (χ2v) is 8.01. The predicted molar refractivity (Wildman–Crippen MR) is 95.8 cm³/mol. The highest BCUT2D eigenvalue weighted by atomic mass is 32.2. The van der Waals surface area contributed by atoms with Crippen molar-refractivity contribution in [3.63, 3.8) is 0 Å². The van der Waals surface area contributed by atoms with Crippen LogP contribution in [0.1, 0.15) is 20.8 Å². The van der Waals surface area contributed by atoms with Crippen LogP contribution in [0, 0.1) is 20.2 Å². The van der Waals surface area contributed by atoms with Crippen LogP contribution in [0.3, 0.4) is 0 Å². The van der Waals surface area contributed by atoms with E-state index in [2.05, 4.69) is 10.1 Å². The zero-order chi connectivity index (χ0) is 21.7. The van der Waals surface area contributed by atoms with Crippen molar-refractivity contribution in [3.05, 3.63) is 20.2 Å². The zero-order valence-corrected chi connectivity index (χ0v) is 16.6. The second-order valence-electron chi connectivity index (χ2n) is 6.98. The van der Waals surface area contributed by atoms with Crippen molar-refractivity contribution in [2.45, 2.75) is 38.1 Å². The summed E-state index contributed by atoms with van der Waals surface area (Å²) in [5.41, 5.74) is -3.14.